The fourth-order valence-electron chi connectivity index (χ4n) is 3.77. The highest BCUT2D eigenvalue weighted by atomic mass is 19.1. The number of anilines is 1. The van der Waals surface area contributed by atoms with Gasteiger partial charge in [-0.3, -0.25) is 4.79 Å². The van der Waals surface area contributed by atoms with E-state index >= 15 is 0 Å². The van der Waals surface area contributed by atoms with Crippen molar-refractivity contribution < 1.29 is 13.6 Å². The number of nitrogens with zero attached hydrogens (tertiary/aromatic N) is 4. The number of halogens is 2. The van der Waals surface area contributed by atoms with Gasteiger partial charge < -0.3 is 9.80 Å². The minimum absolute atomic E-state index is 0.0661. The first-order chi connectivity index (χ1) is 12.0. The number of benzene rings is 1. The van der Waals surface area contributed by atoms with Crippen molar-refractivity contribution in [3.8, 4) is 0 Å². The normalized spacial score (nSPS) is 22.4. The van der Waals surface area contributed by atoms with Gasteiger partial charge in [0.2, 0.25) is 5.95 Å². The average molecular weight is 344 g/mol. The second kappa shape index (κ2) is 6.06. The molecular formula is C18H18F2N4O. The molecule has 4 rings (SSSR count). The van der Waals surface area contributed by atoms with Crippen LogP contribution in [0.1, 0.15) is 16.1 Å². The monoisotopic (exact) mass is 344 g/mol. The van der Waals surface area contributed by atoms with E-state index in [1.807, 2.05) is 13.0 Å². The summed E-state index contributed by atoms with van der Waals surface area (Å²) in [6.07, 6.45) is 1.75. The molecule has 1 aromatic carbocycles. The van der Waals surface area contributed by atoms with Crippen molar-refractivity contribution in [2.24, 2.45) is 11.8 Å². The lowest BCUT2D eigenvalue weighted by atomic mass is 10.0. The van der Waals surface area contributed by atoms with Gasteiger partial charge in [0.05, 0.1) is 0 Å². The number of carbonyl (C=O) groups is 1. The molecule has 2 aromatic rings. The van der Waals surface area contributed by atoms with Crippen LogP contribution in [0.5, 0.6) is 0 Å². The van der Waals surface area contributed by atoms with Crippen LogP contribution in [0.15, 0.2) is 30.5 Å². The van der Waals surface area contributed by atoms with Crippen LogP contribution < -0.4 is 4.90 Å². The Morgan fingerprint density at radius 3 is 2.32 bits per heavy atom. The van der Waals surface area contributed by atoms with Crippen LogP contribution >= 0.6 is 0 Å². The molecule has 2 aliphatic heterocycles. The zero-order chi connectivity index (χ0) is 17.6. The van der Waals surface area contributed by atoms with E-state index in [2.05, 4.69) is 14.9 Å². The first-order valence-electron chi connectivity index (χ1n) is 8.29. The smallest absolute Gasteiger partial charge is 0.254 e. The maximum absolute atomic E-state index is 13.3. The van der Waals surface area contributed by atoms with Crippen LogP contribution in [0.4, 0.5) is 14.7 Å². The molecule has 2 fully saturated rings. The zero-order valence-electron chi connectivity index (χ0n) is 13.8. The Balaban J connectivity index is 1.45. The lowest BCUT2D eigenvalue weighted by Gasteiger charge is -2.22. The standard InChI is InChI=1S/C18H18F2N4O/c1-11-2-3-21-18(22-11)24-9-13-7-23(8-14(13)10-24)17(25)12-4-15(19)6-16(20)5-12/h2-6,13-14H,7-10H2,1H3/t13-,14+. The minimum Gasteiger partial charge on any atom is -0.340 e. The zero-order valence-corrected chi connectivity index (χ0v) is 13.8. The van der Waals surface area contributed by atoms with Gasteiger partial charge in [-0.25, -0.2) is 18.7 Å². The van der Waals surface area contributed by atoms with Crippen molar-refractivity contribution in [1.82, 2.24) is 14.9 Å². The van der Waals surface area contributed by atoms with Crippen molar-refractivity contribution >= 4 is 11.9 Å². The maximum Gasteiger partial charge on any atom is 0.254 e. The van der Waals surface area contributed by atoms with Gasteiger partial charge in [0.25, 0.3) is 5.91 Å². The second-order valence-corrected chi connectivity index (χ2v) is 6.79. The quantitative estimate of drug-likeness (QED) is 0.839. The SMILES string of the molecule is Cc1ccnc(N2C[C@H]3CN(C(=O)c4cc(F)cc(F)c4)C[C@H]3C2)n1. The number of amides is 1. The van der Waals surface area contributed by atoms with E-state index in [9.17, 15) is 13.6 Å². The van der Waals surface area contributed by atoms with Gasteiger partial charge in [0.1, 0.15) is 11.6 Å². The third kappa shape index (κ3) is 3.06. The minimum atomic E-state index is -0.731. The predicted octanol–water partition coefficient (Wildman–Crippen LogP) is 2.27. The molecule has 0 bridgehead atoms. The summed E-state index contributed by atoms with van der Waals surface area (Å²) >= 11 is 0. The van der Waals surface area contributed by atoms with Gasteiger partial charge in [-0.1, -0.05) is 0 Å². The third-order valence-corrected chi connectivity index (χ3v) is 4.95. The van der Waals surface area contributed by atoms with Crippen LogP contribution in [0.3, 0.4) is 0 Å². The van der Waals surface area contributed by atoms with Crippen molar-refractivity contribution in [2.45, 2.75) is 6.92 Å². The first kappa shape index (κ1) is 15.9. The number of carbonyl (C=O) groups excluding carboxylic acids is 1. The largest absolute Gasteiger partial charge is 0.340 e. The molecule has 1 aromatic heterocycles. The van der Waals surface area contributed by atoms with Crippen LogP contribution in [-0.2, 0) is 0 Å². The highest BCUT2D eigenvalue weighted by molar-refractivity contribution is 5.94. The number of hydrogen-bond acceptors (Lipinski definition) is 4. The Morgan fingerprint density at radius 1 is 1.08 bits per heavy atom. The molecular weight excluding hydrogens is 326 g/mol. The van der Waals surface area contributed by atoms with Crippen molar-refractivity contribution in [1.29, 1.82) is 0 Å². The number of aromatic nitrogens is 2. The Bertz CT molecular complexity index is 794. The second-order valence-electron chi connectivity index (χ2n) is 6.79. The van der Waals surface area contributed by atoms with Crippen LogP contribution in [0.2, 0.25) is 0 Å². The molecule has 0 saturated carbocycles. The van der Waals surface area contributed by atoms with Crippen molar-refractivity contribution in [3.05, 3.63) is 53.4 Å². The van der Waals surface area contributed by atoms with Gasteiger partial charge in [-0.05, 0) is 25.1 Å². The van der Waals surface area contributed by atoms with Gasteiger partial charge >= 0.3 is 0 Å². The van der Waals surface area contributed by atoms with E-state index in [4.69, 9.17) is 0 Å². The summed E-state index contributed by atoms with van der Waals surface area (Å²) in [4.78, 5) is 25.1. The fourth-order valence-corrected chi connectivity index (χ4v) is 3.77. The summed E-state index contributed by atoms with van der Waals surface area (Å²) in [7, 11) is 0. The Kier molecular flexibility index (Phi) is 3.86. The third-order valence-electron chi connectivity index (χ3n) is 4.95. The summed E-state index contributed by atoms with van der Waals surface area (Å²) < 4.78 is 26.7. The molecule has 5 nitrogen and oxygen atoms in total. The van der Waals surface area contributed by atoms with Crippen LogP contribution in [0, 0.1) is 30.4 Å². The summed E-state index contributed by atoms with van der Waals surface area (Å²) in [5.41, 5.74) is 0.989. The molecule has 0 spiro atoms. The Morgan fingerprint density at radius 2 is 1.72 bits per heavy atom. The molecule has 0 radical (unpaired) electrons. The van der Waals surface area contributed by atoms with Crippen LogP contribution in [0.25, 0.3) is 0 Å². The number of fused-ring (bicyclic) bond motifs is 1. The summed E-state index contributed by atoms with van der Waals surface area (Å²) in [5.74, 6) is -0.403. The molecule has 2 aliphatic rings. The van der Waals surface area contributed by atoms with E-state index in [0.29, 0.717) is 24.9 Å². The summed E-state index contributed by atoms with van der Waals surface area (Å²) in [6, 6.07) is 4.81. The number of aryl methyl sites for hydroxylation is 1. The summed E-state index contributed by atoms with van der Waals surface area (Å²) in [5, 5.41) is 0. The molecule has 1 amide bonds. The summed E-state index contributed by atoms with van der Waals surface area (Å²) in [6.45, 7) is 4.68. The predicted molar refractivity (Wildman–Crippen MR) is 88.2 cm³/mol. The average Bonchev–Trinajstić information content (AvgIpc) is 3.12. The molecule has 130 valence electrons. The van der Waals surface area contributed by atoms with Crippen molar-refractivity contribution in [3.63, 3.8) is 0 Å². The number of rotatable bonds is 2. The van der Waals surface area contributed by atoms with E-state index < -0.39 is 11.6 Å². The molecule has 0 N–H and O–H groups in total. The first-order valence-corrected chi connectivity index (χ1v) is 8.29. The van der Waals surface area contributed by atoms with Gasteiger partial charge in [-0.2, -0.15) is 0 Å². The topological polar surface area (TPSA) is 49.3 Å². The van der Waals surface area contributed by atoms with Gasteiger partial charge in [0.15, 0.2) is 0 Å². The molecule has 3 heterocycles. The van der Waals surface area contributed by atoms with E-state index in [1.54, 1.807) is 11.1 Å². The molecule has 2 saturated heterocycles. The molecule has 2 atom stereocenters. The molecule has 7 heteroatoms. The van der Waals surface area contributed by atoms with Gasteiger partial charge in [0, 0.05) is 61.5 Å². The van der Waals surface area contributed by atoms with Gasteiger partial charge in [-0.15, -0.1) is 0 Å². The number of hydrogen-bond donors (Lipinski definition) is 0. The molecule has 0 unspecified atom stereocenters. The van der Waals surface area contributed by atoms with E-state index in [0.717, 1.165) is 42.9 Å². The van der Waals surface area contributed by atoms with E-state index in [-0.39, 0.29) is 11.5 Å². The van der Waals surface area contributed by atoms with E-state index in [1.165, 1.54) is 0 Å². The fraction of sp³-hybridized carbons (Fsp3) is 0.389. The lowest BCUT2D eigenvalue weighted by molar-refractivity contribution is 0.0781. The Hall–Kier alpha value is -2.57. The highest BCUT2D eigenvalue weighted by Gasteiger charge is 2.42. The lowest BCUT2D eigenvalue weighted by Crippen LogP contribution is -2.33. The Labute approximate surface area is 144 Å². The molecule has 0 aliphatic carbocycles. The molecule has 25 heavy (non-hydrogen) atoms. The highest BCUT2D eigenvalue weighted by Crippen LogP contribution is 2.33. The maximum atomic E-state index is 13.3. The van der Waals surface area contributed by atoms with Crippen molar-refractivity contribution in [2.75, 3.05) is 31.1 Å². The number of likely N-dealkylation sites (tertiary alicyclic amines) is 1. The van der Waals surface area contributed by atoms with Crippen LogP contribution in [-0.4, -0.2) is 47.0 Å².